The zero-order chi connectivity index (χ0) is 17.7. The molecule has 0 unspecified atom stereocenters. The van der Waals surface area contributed by atoms with Crippen molar-refractivity contribution in [2.75, 3.05) is 14.1 Å². The van der Waals surface area contributed by atoms with E-state index in [1.54, 1.807) is 18.4 Å². The normalized spacial score (nSPS) is 13.0. The molecule has 1 atom stereocenters. The molecular weight excluding hydrogens is 328 g/mol. The summed E-state index contributed by atoms with van der Waals surface area (Å²) >= 11 is 0. The Bertz CT molecular complexity index is 783. The molecule has 0 bridgehead atoms. The number of carbonyl (C=O) groups is 1. The van der Waals surface area contributed by atoms with Crippen molar-refractivity contribution in [3.63, 3.8) is 0 Å². The molecule has 0 fully saturated rings. The van der Waals surface area contributed by atoms with Gasteiger partial charge < -0.3 is 9.73 Å². The summed E-state index contributed by atoms with van der Waals surface area (Å²) in [5.74, 6) is 0.577. The first-order chi connectivity index (χ1) is 11.3. The minimum Gasteiger partial charge on any atom is -0.469 e. The lowest BCUT2D eigenvalue weighted by molar-refractivity contribution is 0.0938. The highest BCUT2D eigenvalue weighted by Gasteiger charge is 2.19. The Hall–Kier alpha value is -2.12. The molecule has 2 aromatic rings. The highest BCUT2D eigenvalue weighted by molar-refractivity contribution is 7.89. The molecule has 0 aliphatic rings. The van der Waals surface area contributed by atoms with Crippen LogP contribution in [0.3, 0.4) is 0 Å². The van der Waals surface area contributed by atoms with Crippen LogP contribution in [0.5, 0.6) is 0 Å². The van der Waals surface area contributed by atoms with E-state index in [-0.39, 0.29) is 16.8 Å². The van der Waals surface area contributed by atoms with E-state index in [2.05, 4.69) is 5.32 Å². The third-order valence-corrected chi connectivity index (χ3v) is 5.47. The van der Waals surface area contributed by atoms with Gasteiger partial charge in [0.1, 0.15) is 5.76 Å². The van der Waals surface area contributed by atoms with Crippen LogP contribution in [0.4, 0.5) is 0 Å². The summed E-state index contributed by atoms with van der Waals surface area (Å²) in [6, 6.07) is 9.70. The number of nitrogens with one attached hydrogen (secondary N) is 1. The van der Waals surface area contributed by atoms with Gasteiger partial charge in [-0.1, -0.05) is 6.07 Å². The van der Waals surface area contributed by atoms with Crippen molar-refractivity contribution in [3.8, 4) is 0 Å². The van der Waals surface area contributed by atoms with Crippen molar-refractivity contribution >= 4 is 15.9 Å². The van der Waals surface area contributed by atoms with Gasteiger partial charge in [0.2, 0.25) is 10.0 Å². The molecular formula is C17H22N2O4S. The minimum atomic E-state index is -3.56. The van der Waals surface area contributed by atoms with Gasteiger partial charge in [0.05, 0.1) is 11.2 Å². The number of aryl methyl sites for hydroxylation is 1. The molecule has 0 radical (unpaired) electrons. The summed E-state index contributed by atoms with van der Waals surface area (Å²) in [5, 5.41) is 2.88. The van der Waals surface area contributed by atoms with Crippen LogP contribution in [-0.2, 0) is 16.4 Å². The third kappa shape index (κ3) is 4.46. The Morgan fingerprint density at radius 1 is 1.25 bits per heavy atom. The molecule has 1 heterocycles. The molecule has 130 valence electrons. The Morgan fingerprint density at radius 3 is 2.62 bits per heavy atom. The van der Waals surface area contributed by atoms with E-state index in [1.165, 1.54) is 26.2 Å². The van der Waals surface area contributed by atoms with E-state index < -0.39 is 10.0 Å². The number of hydrogen-bond acceptors (Lipinski definition) is 4. The first-order valence-corrected chi connectivity index (χ1v) is 9.10. The lowest BCUT2D eigenvalue weighted by Gasteiger charge is -2.15. The van der Waals surface area contributed by atoms with E-state index in [1.807, 2.05) is 19.1 Å². The second-order valence-electron chi connectivity index (χ2n) is 5.81. The fourth-order valence-corrected chi connectivity index (χ4v) is 3.15. The van der Waals surface area contributed by atoms with E-state index in [0.29, 0.717) is 5.56 Å². The molecule has 7 heteroatoms. The molecule has 6 nitrogen and oxygen atoms in total. The van der Waals surface area contributed by atoms with Crippen molar-refractivity contribution in [2.45, 2.75) is 30.7 Å². The zero-order valence-corrected chi connectivity index (χ0v) is 14.8. The fourth-order valence-electron chi connectivity index (χ4n) is 2.20. The maximum Gasteiger partial charge on any atom is 0.251 e. The number of amides is 1. The monoisotopic (exact) mass is 350 g/mol. The second-order valence-corrected chi connectivity index (χ2v) is 7.96. The molecule has 1 N–H and O–H groups in total. The van der Waals surface area contributed by atoms with E-state index in [0.717, 1.165) is 22.9 Å². The van der Waals surface area contributed by atoms with Gasteiger partial charge in [-0.25, -0.2) is 12.7 Å². The average Bonchev–Trinajstić information content (AvgIpc) is 3.06. The SMILES string of the molecule is C[C@H](CCc1ccco1)NC(=O)c1cccc(S(=O)(=O)N(C)C)c1. The number of nitrogens with zero attached hydrogens (tertiary/aromatic N) is 1. The second kappa shape index (κ2) is 7.63. The number of hydrogen-bond donors (Lipinski definition) is 1. The van der Waals surface area contributed by atoms with E-state index in [9.17, 15) is 13.2 Å². The maximum absolute atomic E-state index is 12.3. The van der Waals surface area contributed by atoms with Crippen LogP contribution in [0.1, 0.15) is 29.5 Å². The molecule has 0 aliphatic carbocycles. The van der Waals surface area contributed by atoms with Crippen LogP contribution in [-0.4, -0.2) is 38.8 Å². The fraction of sp³-hybridized carbons (Fsp3) is 0.353. The molecule has 0 aliphatic heterocycles. The van der Waals surface area contributed by atoms with Crippen LogP contribution in [0.2, 0.25) is 0 Å². The molecule has 1 aromatic heterocycles. The van der Waals surface area contributed by atoms with Crippen LogP contribution < -0.4 is 5.32 Å². The van der Waals surface area contributed by atoms with Crippen molar-refractivity contribution in [1.82, 2.24) is 9.62 Å². The number of carbonyl (C=O) groups excluding carboxylic acids is 1. The Balaban J connectivity index is 2.02. The van der Waals surface area contributed by atoms with Crippen LogP contribution in [0.15, 0.2) is 52.0 Å². The van der Waals surface area contributed by atoms with Crippen LogP contribution in [0, 0.1) is 0 Å². The summed E-state index contributed by atoms with van der Waals surface area (Å²) in [4.78, 5) is 12.4. The standard InChI is InChI=1S/C17H22N2O4S/c1-13(9-10-15-7-5-11-23-15)18-17(20)14-6-4-8-16(12-14)24(21,22)19(2)3/h4-8,11-13H,9-10H2,1-3H3,(H,18,20)/t13-/m1/s1. The minimum absolute atomic E-state index is 0.0586. The summed E-state index contributed by atoms with van der Waals surface area (Å²) < 4.78 is 30.7. The number of sulfonamides is 1. The van der Waals surface area contributed by atoms with Crippen molar-refractivity contribution in [2.24, 2.45) is 0 Å². The predicted molar refractivity (Wildman–Crippen MR) is 91.3 cm³/mol. The van der Waals surface area contributed by atoms with Gasteiger partial charge in [-0.2, -0.15) is 0 Å². The predicted octanol–water partition coefficient (Wildman–Crippen LogP) is 2.28. The lowest BCUT2D eigenvalue weighted by Crippen LogP contribution is -2.33. The van der Waals surface area contributed by atoms with Crippen LogP contribution in [0.25, 0.3) is 0 Å². The largest absolute Gasteiger partial charge is 0.469 e. The Labute approximate surface area is 142 Å². The third-order valence-electron chi connectivity index (χ3n) is 3.66. The van der Waals surface area contributed by atoms with Gasteiger partial charge in [-0.05, 0) is 43.7 Å². The van der Waals surface area contributed by atoms with E-state index >= 15 is 0 Å². The highest BCUT2D eigenvalue weighted by atomic mass is 32.2. The number of benzene rings is 1. The Kier molecular flexibility index (Phi) is 5.80. The Morgan fingerprint density at radius 2 is 2.00 bits per heavy atom. The summed E-state index contributed by atoms with van der Waals surface area (Å²) in [5.41, 5.74) is 0.322. The number of furan rings is 1. The van der Waals surface area contributed by atoms with Crippen molar-refractivity contribution in [3.05, 3.63) is 54.0 Å². The summed E-state index contributed by atoms with van der Waals surface area (Å²) in [7, 11) is -0.646. The lowest BCUT2D eigenvalue weighted by atomic mass is 10.1. The molecule has 0 saturated heterocycles. The maximum atomic E-state index is 12.3. The molecule has 2 rings (SSSR count). The number of rotatable bonds is 7. The van der Waals surface area contributed by atoms with Gasteiger partial charge in [-0.3, -0.25) is 4.79 Å². The van der Waals surface area contributed by atoms with Crippen LogP contribution >= 0.6 is 0 Å². The van der Waals surface area contributed by atoms with Gasteiger partial charge in [0.25, 0.3) is 5.91 Å². The van der Waals surface area contributed by atoms with Gasteiger partial charge in [0, 0.05) is 32.1 Å². The highest BCUT2D eigenvalue weighted by Crippen LogP contribution is 2.15. The summed E-state index contributed by atoms with van der Waals surface area (Å²) in [6.07, 6.45) is 3.08. The molecule has 24 heavy (non-hydrogen) atoms. The van der Waals surface area contributed by atoms with Gasteiger partial charge in [-0.15, -0.1) is 0 Å². The summed E-state index contributed by atoms with van der Waals surface area (Å²) in [6.45, 7) is 1.90. The first kappa shape index (κ1) is 18.2. The quantitative estimate of drug-likeness (QED) is 0.831. The topological polar surface area (TPSA) is 79.6 Å². The molecule has 1 amide bonds. The van der Waals surface area contributed by atoms with E-state index in [4.69, 9.17) is 4.42 Å². The average molecular weight is 350 g/mol. The molecule has 0 spiro atoms. The van der Waals surface area contributed by atoms with Crippen molar-refractivity contribution < 1.29 is 17.6 Å². The van der Waals surface area contributed by atoms with Gasteiger partial charge >= 0.3 is 0 Å². The smallest absolute Gasteiger partial charge is 0.251 e. The van der Waals surface area contributed by atoms with Gasteiger partial charge in [0.15, 0.2) is 0 Å². The zero-order valence-electron chi connectivity index (χ0n) is 14.0. The van der Waals surface area contributed by atoms with Crippen molar-refractivity contribution in [1.29, 1.82) is 0 Å². The molecule has 0 saturated carbocycles. The molecule has 1 aromatic carbocycles. The first-order valence-electron chi connectivity index (χ1n) is 7.66.